The maximum atomic E-state index is 11.1. The van der Waals surface area contributed by atoms with Crippen LogP contribution in [0.5, 0.6) is 0 Å². The van der Waals surface area contributed by atoms with Crippen molar-refractivity contribution < 1.29 is 4.79 Å². The minimum atomic E-state index is -0.378. The zero-order chi connectivity index (χ0) is 12.8. The fourth-order valence-corrected chi connectivity index (χ4v) is 1.85. The number of amidine groups is 1. The lowest BCUT2D eigenvalue weighted by molar-refractivity contribution is -0.114. The predicted octanol–water partition coefficient (Wildman–Crippen LogP) is 1.34. The molecule has 1 heterocycles. The normalized spacial score (nSPS) is 18.6. The van der Waals surface area contributed by atoms with Crippen LogP contribution in [-0.4, -0.2) is 36.8 Å². The molecule has 0 saturated carbocycles. The molecule has 1 aliphatic heterocycles. The van der Waals surface area contributed by atoms with Crippen LogP contribution in [-0.2, 0) is 4.79 Å². The number of carbonyl (C=O) groups excluding carboxylic acids is 1. The summed E-state index contributed by atoms with van der Waals surface area (Å²) in [6.45, 7) is 5.88. The molecule has 0 aromatic carbocycles. The Morgan fingerprint density at radius 3 is 2.82 bits per heavy atom. The van der Waals surface area contributed by atoms with Gasteiger partial charge in [-0.2, -0.15) is 0 Å². The minimum absolute atomic E-state index is 0.210. The topological polar surface area (TPSA) is 58.7 Å². The third-order valence-corrected chi connectivity index (χ3v) is 2.78. The number of nitrogens with zero attached hydrogens (tertiary/aromatic N) is 2. The van der Waals surface area contributed by atoms with E-state index in [1.54, 1.807) is 6.08 Å². The molecule has 2 N–H and O–H groups in total. The Morgan fingerprint density at radius 1 is 1.65 bits per heavy atom. The zero-order valence-corrected chi connectivity index (χ0v) is 10.8. The second-order valence-corrected chi connectivity index (χ2v) is 4.24. The summed E-state index contributed by atoms with van der Waals surface area (Å²) in [6, 6.07) is 0. The molecule has 4 heteroatoms. The molecule has 1 aliphatic rings. The van der Waals surface area contributed by atoms with Crippen LogP contribution >= 0.6 is 0 Å². The van der Waals surface area contributed by atoms with Gasteiger partial charge in [0, 0.05) is 25.1 Å². The number of aliphatic imine (C=N–C) groups is 1. The van der Waals surface area contributed by atoms with Crippen molar-refractivity contribution >= 4 is 11.7 Å². The lowest BCUT2D eigenvalue weighted by atomic mass is 10.1. The van der Waals surface area contributed by atoms with E-state index in [0.29, 0.717) is 5.57 Å². The average Bonchev–Trinajstić information content (AvgIpc) is 2.69. The zero-order valence-electron chi connectivity index (χ0n) is 10.8. The van der Waals surface area contributed by atoms with E-state index in [4.69, 9.17) is 5.73 Å². The van der Waals surface area contributed by atoms with Crippen molar-refractivity contribution in [1.29, 1.82) is 0 Å². The predicted molar refractivity (Wildman–Crippen MR) is 70.8 cm³/mol. The Morgan fingerprint density at radius 2 is 2.35 bits per heavy atom. The first kappa shape index (κ1) is 13.5. The molecule has 0 radical (unpaired) electrons. The van der Waals surface area contributed by atoms with Crippen molar-refractivity contribution in [2.75, 3.05) is 20.1 Å². The molecule has 1 atom stereocenters. The molecule has 0 bridgehead atoms. The van der Waals surface area contributed by atoms with Gasteiger partial charge < -0.3 is 10.6 Å². The Bertz CT molecular complexity index is 369. The van der Waals surface area contributed by atoms with Crippen LogP contribution < -0.4 is 5.73 Å². The van der Waals surface area contributed by atoms with E-state index in [2.05, 4.69) is 16.8 Å². The van der Waals surface area contributed by atoms with E-state index in [1.165, 1.54) is 0 Å². The van der Waals surface area contributed by atoms with Gasteiger partial charge in [0.25, 0.3) is 0 Å². The SMILES string of the molecule is CC/C=C(\C=C/C(C)C1=NCCN1C)C(N)=O. The summed E-state index contributed by atoms with van der Waals surface area (Å²) in [5.41, 5.74) is 5.86. The number of primary amides is 1. The van der Waals surface area contributed by atoms with Crippen LogP contribution in [0.15, 0.2) is 28.8 Å². The molecule has 0 spiro atoms. The first-order chi connectivity index (χ1) is 8.06. The number of amides is 1. The molecular weight excluding hydrogens is 214 g/mol. The van der Waals surface area contributed by atoms with Crippen LogP contribution in [0, 0.1) is 5.92 Å². The van der Waals surface area contributed by atoms with Crippen LogP contribution in [0.1, 0.15) is 20.3 Å². The minimum Gasteiger partial charge on any atom is -0.366 e. The lowest BCUT2D eigenvalue weighted by Crippen LogP contribution is -2.27. The molecule has 1 rings (SSSR count). The van der Waals surface area contributed by atoms with Crippen molar-refractivity contribution in [1.82, 2.24) is 4.90 Å². The molecule has 0 saturated heterocycles. The van der Waals surface area contributed by atoms with Gasteiger partial charge in [-0.3, -0.25) is 9.79 Å². The number of allylic oxidation sites excluding steroid dienone is 1. The molecule has 0 aromatic heterocycles. The van der Waals surface area contributed by atoms with Gasteiger partial charge in [0.05, 0.1) is 6.54 Å². The molecule has 0 aliphatic carbocycles. The van der Waals surface area contributed by atoms with Crippen LogP contribution in [0.2, 0.25) is 0 Å². The van der Waals surface area contributed by atoms with Crippen LogP contribution in [0.4, 0.5) is 0 Å². The number of carbonyl (C=O) groups is 1. The number of hydrogen-bond acceptors (Lipinski definition) is 3. The van der Waals surface area contributed by atoms with Gasteiger partial charge in [0.2, 0.25) is 5.91 Å². The monoisotopic (exact) mass is 235 g/mol. The molecule has 17 heavy (non-hydrogen) atoms. The van der Waals surface area contributed by atoms with E-state index in [1.807, 2.05) is 26.1 Å². The van der Waals surface area contributed by atoms with E-state index < -0.39 is 0 Å². The third kappa shape index (κ3) is 3.73. The Hall–Kier alpha value is -1.58. The first-order valence-electron chi connectivity index (χ1n) is 6.00. The summed E-state index contributed by atoms with van der Waals surface area (Å²) in [4.78, 5) is 17.7. The highest BCUT2D eigenvalue weighted by atomic mass is 16.1. The summed E-state index contributed by atoms with van der Waals surface area (Å²) in [5.74, 6) is 0.903. The summed E-state index contributed by atoms with van der Waals surface area (Å²) in [7, 11) is 2.03. The first-order valence-corrected chi connectivity index (χ1v) is 6.00. The molecule has 4 nitrogen and oxygen atoms in total. The molecular formula is C13H21N3O. The second-order valence-electron chi connectivity index (χ2n) is 4.24. The van der Waals surface area contributed by atoms with E-state index in [9.17, 15) is 4.79 Å². The summed E-state index contributed by atoms with van der Waals surface area (Å²) in [6.07, 6.45) is 6.42. The van der Waals surface area contributed by atoms with Gasteiger partial charge in [-0.1, -0.05) is 32.1 Å². The maximum Gasteiger partial charge on any atom is 0.248 e. The molecule has 0 fully saturated rings. The largest absolute Gasteiger partial charge is 0.366 e. The van der Waals surface area contributed by atoms with E-state index in [0.717, 1.165) is 25.3 Å². The number of nitrogens with two attached hydrogens (primary N) is 1. The Labute approximate surface area is 103 Å². The molecule has 1 amide bonds. The van der Waals surface area contributed by atoms with Crippen molar-refractivity contribution in [2.24, 2.45) is 16.6 Å². The van der Waals surface area contributed by atoms with Gasteiger partial charge in [-0.05, 0) is 6.42 Å². The van der Waals surface area contributed by atoms with Gasteiger partial charge in [0.1, 0.15) is 5.84 Å². The molecule has 1 unspecified atom stereocenters. The Kier molecular flexibility index (Phi) is 4.94. The van der Waals surface area contributed by atoms with E-state index >= 15 is 0 Å². The smallest absolute Gasteiger partial charge is 0.248 e. The highest BCUT2D eigenvalue weighted by Gasteiger charge is 2.16. The Balaban J connectivity index is 2.69. The number of rotatable bonds is 5. The standard InChI is InChI=1S/C13H21N3O/c1-4-5-11(12(14)17)7-6-10(2)13-15-8-9-16(13)3/h5-7,10H,4,8-9H2,1-3H3,(H2,14,17)/b7-6-,11-5+. The second kappa shape index (κ2) is 6.23. The van der Waals surface area contributed by atoms with Gasteiger partial charge in [-0.15, -0.1) is 0 Å². The number of hydrogen-bond donors (Lipinski definition) is 1. The van der Waals surface area contributed by atoms with Crippen molar-refractivity contribution in [2.45, 2.75) is 20.3 Å². The fourth-order valence-electron chi connectivity index (χ4n) is 1.85. The van der Waals surface area contributed by atoms with E-state index in [-0.39, 0.29) is 11.8 Å². The third-order valence-electron chi connectivity index (χ3n) is 2.78. The van der Waals surface area contributed by atoms with Crippen LogP contribution in [0.3, 0.4) is 0 Å². The quantitative estimate of drug-likeness (QED) is 0.577. The van der Waals surface area contributed by atoms with Gasteiger partial charge in [-0.25, -0.2) is 0 Å². The summed E-state index contributed by atoms with van der Waals surface area (Å²) >= 11 is 0. The van der Waals surface area contributed by atoms with Crippen LogP contribution in [0.25, 0.3) is 0 Å². The summed E-state index contributed by atoms with van der Waals surface area (Å²) < 4.78 is 0. The van der Waals surface area contributed by atoms with Crippen molar-refractivity contribution in [3.63, 3.8) is 0 Å². The molecule has 94 valence electrons. The highest BCUT2D eigenvalue weighted by Crippen LogP contribution is 2.11. The van der Waals surface area contributed by atoms with Gasteiger partial charge in [0.15, 0.2) is 0 Å². The number of likely N-dealkylation sites (N-methyl/N-ethyl adjacent to an activating group) is 1. The fraction of sp³-hybridized carbons (Fsp3) is 0.538. The highest BCUT2D eigenvalue weighted by molar-refractivity contribution is 5.95. The maximum absolute atomic E-state index is 11.1. The van der Waals surface area contributed by atoms with Gasteiger partial charge >= 0.3 is 0 Å². The average molecular weight is 235 g/mol. The van der Waals surface area contributed by atoms with Crippen molar-refractivity contribution in [3.8, 4) is 0 Å². The molecule has 0 aromatic rings. The van der Waals surface area contributed by atoms with Crippen molar-refractivity contribution in [3.05, 3.63) is 23.8 Å². The lowest BCUT2D eigenvalue weighted by Gasteiger charge is -2.17. The summed E-state index contributed by atoms with van der Waals surface area (Å²) in [5, 5.41) is 0.